The quantitative estimate of drug-likeness (QED) is 0.505. The van der Waals surface area contributed by atoms with Gasteiger partial charge >= 0.3 is 12.0 Å². The molecule has 0 aliphatic rings. The number of carbonyl (C=O) groups excluding carboxylic acids is 1. The van der Waals surface area contributed by atoms with E-state index in [9.17, 15) is 9.59 Å². The van der Waals surface area contributed by atoms with Crippen molar-refractivity contribution in [3.63, 3.8) is 0 Å². The molecule has 0 aliphatic heterocycles. The first kappa shape index (κ1) is 17.6. The Morgan fingerprint density at radius 2 is 1.95 bits per heavy atom. The zero-order valence-electron chi connectivity index (χ0n) is 11.5. The minimum Gasteiger partial charge on any atom is -0.480 e. The topological polar surface area (TPSA) is 108 Å². The third-order valence-corrected chi connectivity index (χ3v) is 2.52. The van der Waals surface area contributed by atoms with Crippen molar-refractivity contribution in [1.82, 2.24) is 10.2 Å². The molecule has 0 aromatic carbocycles. The molecule has 112 valence electrons. The first-order valence-corrected chi connectivity index (χ1v) is 5.86. The van der Waals surface area contributed by atoms with Crippen LogP contribution in [0.4, 0.5) is 4.79 Å². The molecule has 0 aromatic rings. The van der Waals surface area contributed by atoms with Crippen molar-refractivity contribution in [1.29, 1.82) is 0 Å². The fourth-order valence-electron chi connectivity index (χ4n) is 1.46. The lowest BCUT2D eigenvalue weighted by atomic mass is 10.3. The van der Waals surface area contributed by atoms with E-state index >= 15 is 0 Å². The van der Waals surface area contributed by atoms with Gasteiger partial charge in [0.05, 0.1) is 25.9 Å². The van der Waals surface area contributed by atoms with Gasteiger partial charge in [0.1, 0.15) is 0 Å². The smallest absolute Gasteiger partial charge is 0.328 e. The van der Waals surface area contributed by atoms with Crippen LogP contribution >= 0.6 is 0 Å². The highest BCUT2D eigenvalue weighted by atomic mass is 16.5. The predicted octanol–water partition coefficient (Wildman–Crippen LogP) is -0.875. The third kappa shape index (κ3) is 6.37. The molecule has 0 saturated heterocycles. The molecule has 0 radical (unpaired) electrons. The van der Waals surface area contributed by atoms with Gasteiger partial charge in [0.15, 0.2) is 6.04 Å². The van der Waals surface area contributed by atoms with Crippen molar-refractivity contribution in [2.45, 2.75) is 19.0 Å². The number of aliphatic hydroxyl groups is 1. The van der Waals surface area contributed by atoms with Crippen LogP contribution in [0.15, 0.2) is 0 Å². The average Bonchev–Trinajstić information content (AvgIpc) is 2.36. The first-order valence-electron chi connectivity index (χ1n) is 5.86. The maximum Gasteiger partial charge on any atom is 0.328 e. The molecule has 8 nitrogen and oxygen atoms in total. The fourth-order valence-corrected chi connectivity index (χ4v) is 1.46. The van der Waals surface area contributed by atoms with Crippen molar-refractivity contribution in [3.05, 3.63) is 0 Å². The summed E-state index contributed by atoms with van der Waals surface area (Å²) in [5.74, 6) is -1.29. The lowest BCUT2D eigenvalue weighted by molar-refractivity contribution is -0.140. The highest BCUT2D eigenvalue weighted by Crippen LogP contribution is 2.01. The van der Waals surface area contributed by atoms with Crippen molar-refractivity contribution >= 4 is 12.0 Å². The predicted molar refractivity (Wildman–Crippen MR) is 67.0 cm³/mol. The largest absolute Gasteiger partial charge is 0.480 e. The number of nitrogens with zero attached hydrogens (tertiary/aromatic N) is 1. The van der Waals surface area contributed by atoms with Gasteiger partial charge < -0.3 is 29.9 Å². The molecule has 0 aromatic heterocycles. The second-order valence-electron chi connectivity index (χ2n) is 4.01. The summed E-state index contributed by atoms with van der Waals surface area (Å²) < 4.78 is 9.87. The number of carbonyl (C=O) groups is 2. The molecule has 2 unspecified atom stereocenters. The Morgan fingerprint density at radius 3 is 2.37 bits per heavy atom. The van der Waals surface area contributed by atoms with Gasteiger partial charge in [-0.15, -0.1) is 0 Å². The van der Waals surface area contributed by atoms with E-state index in [1.807, 2.05) is 0 Å². The Hall–Kier alpha value is -1.38. The second kappa shape index (κ2) is 9.54. The van der Waals surface area contributed by atoms with Crippen LogP contribution in [0, 0.1) is 0 Å². The Labute approximate surface area is 112 Å². The van der Waals surface area contributed by atoms with E-state index in [1.54, 1.807) is 6.92 Å². The van der Waals surface area contributed by atoms with Gasteiger partial charge in [0, 0.05) is 20.8 Å². The van der Waals surface area contributed by atoms with Crippen LogP contribution in [-0.2, 0) is 14.3 Å². The number of urea groups is 1. The maximum absolute atomic E-state index is 12.0. The number of carboxylic acid groups (broad SMARTS) is 1. The van der Waals surface area contributed by atoms with E-state index in [0.29, 0.717) is 19.8 Å². The Bertz CT molecular complexity index is 286. The van der Waals surface area contributed by atoms with Crippen LogP contribution in [0.25, 0.3) is 0 Å². The van der Waals surface area contributed by atoms with Gasteiger partial charge in [-0.2, -0.15) is 0 Å². The van der Waals surface area contributed by atoms with Gasteiger partial charge in [-0.1, -0.05) is 0 Å². The highest BCUT2D eigenvalue weighted by molar-refractivity contribution is 5.82. The van der Waals surface area contributed by atoms with Gasteiger partial charge in [0.2, 0.25) is 0 Å². The van der Waals surface area contributed by atoms with Gasteiger partial charge in [-0.3, -0.25) is 0 Å². The van der Waals surface area contributed by atoms with Crippen molar-refractivity contribution in [3.8, 4) is 0 Å². The molecule has 0 bridgehead atoms. The molecule has 0 fully saturated rings. The zero-order valence-corrected chi connectivity index (χ0v) is 11.5. The summed E-state index contributed by atoms with van der Waals surface area (Å²) in [5, 5.41) is 19.9. The molecular weight excluding hydrogens is 256 g/mol. The van der Waals surface area contributed by atoms with E-state index in [0.717, 1.165) is 0 Å². The summed E-state index contributed by atoms with van der Waals surface area (Å²) in [5.41, 5.74) is 0. The number of ether oxygens (including phenoxy) is 2. The van der Waals surface area contributed by atoms with Crippen LogP contribution in [0.2, 0.25) is 0 Å². The molecule has 0 rings (SSSR count). The van der Waals surface area contributed by atoms with Gasteiger partial charge in [0.25, 0.3) is 0 Å². The lowest BCUT2D eigenvalue weighted by Crippen LogP contribution is -2.53. The molecule has 19 heavy (non-hydrogen) atoms. The van der Waals surface area contributed by atoms with Crippen LogP contribution in [0.5, 0.6) is 0 Å². The van der Waals surface area contributed by atoms with Gasteiger partial charge in [-0.05, 0) is 6.92 Å². The van der Waals surface area contributed by atoms with E-state index in [2.05, 4.69) is 5.32 Å². The molecule has 2 atom stereocenters. The number of amides is 2. The molecule has 0 saturated carbocycles. The summed E-state index contributed by atoms with van der Waals surface area (Å²) in [6.07, 6.45) is 0. The van der Waals surface area contributed by atoms with Crippen LogP contribution in [-0.4, -0.2) is 79.8 Å². The molecule has 3 N–H and O–H groups in total. The lowest BCUT2D eigenvalue weighted by Gasteiger charge is -2.29. The monoisotopic (exact) mass is 278 g/mol. The Balaban J connectivity index is 4.64. The molecule has 0 heterocycles. The number of rotatable bonds is 9. The Kier molecular flexibility index (Phi) is 8.84. The molecule has 0 spiro atoms. The number of nitrogens with one attached hydrogen (secondary N) is 1. The van der Waals surface area contributed by atoms with E-state index in [1.165, 1.54) is 19.1 Å². The minimum atomic E-state index is -1.33. The van der Waals surface area contributed by atoms with Crippen molar-refractivity contribution in [2.24, 2.45) is 0 Å². The van der Waals surface area contributed by atoms with E-state index in [4.69, 9.17) is 19.7 Å². The van der Waals surface area contributed by atoms with Crippen LogP contribution in [0.3, 0.4) is 0 Å². The maximum atomic E-state index is 12.0. The molecule has 2 amide bonds. The van der Waals surface area contributed by atoms with Crippen LogP contribution < -0.4 is 5.32 Å². The van der Waals surface area contributed by atoms with Crippen LogP contribution in [0.1, 0.15) is 6.92 Å². The first-order chi connectivity index (χ1) is 8.97. The molecule has 0 aliphatic carbocycles. The number of methoxy groups -OCH3 is 2. The normalized spacial score (nSPS) is 13.7. The number of aliphatic hydroxyl groups excluding tert-OH is 1. The summed E-state index contributed by atoms with van der Waals surface area (Å²) in [6.45, 7) is 2.03. The zero-order chi connectivity index (χ0) is 14.8. The van der Waals surface area contributed by atoms with Crippen molar-refractivity contribution < 1.29 is 29.3 Å². The standard InChI is InChI=1S/C11H22N2O6/c1-8(7-19-3)13(4-5-18-2)11(17)12-9(6-14)10(15)16/h8-9,14H,4-7H2,1-3H3,(H,12,17)(H,15,16). The van der Waals surface area contributed by atoms with Gasteiger partial charge in [-0.25, -0.2) is 9.59 Å². The SMILES string of the molecule is COCCN(C(=O)NC(CO)C(=O)O)C(C)COC. The molecule has 8 heteroatoms. The minimum absolute atomic E-state index is 0.242. The number of hydrogen-bond acceptors (Lipinski definition) is 5. The number of aliphatic carboxylic acids is 1. The number of hydrogen-bond donors (Lipinski definition) is 3. The molecular formula is C11H22N2O6. The second-order valence-corrected chi connectivity index (χ2v) is 4.01. The summed E-state index contributed by atoms with van der Waals surface area (Å²) in [7, 11) is 3.02. The summed E-state index contributed by atoms with van der Waals surface area (Å²) in [6, 6.07) is -2.15. The third-order valence-electron chi connectivity index (χ3n) is 2.52. The summed E-state index contributed by atoms with van der Waals surface area (Å²) in [4.78, 5) is 24.1. The highest BCUT2D eigenvalue weighted by Gasteiger charge is 2.25. The van der Waals surface area contributed by atoms with Crippen molar-refractivity contribution in [2.75, 3.05) is 40.6 Å². The van der Waals surface area contributed by atoms with E-state index in [-0.39, 0.29) is 6.04 Å². The fraction of sp³-hybridized carbons (Fsp3) is 0.818. The average molecular weight is 278 g/mol. The number of carboxylic acids is 1. The summed E-state index contributed by atoms with van der Waals surface area (Å²) >= 11 is 0. The Morgan fingerprint density at radius 1 is 1.32 bits per heavy atom. The van der Waals surface area contributed by atoms with E-state index < -0.39 is 24.6 Å².